The van der Waals surface area contributed by atoms with Gasteiger partial charge in [0.1, 0.15) is 0 Å². The molecule has 1 aromatic heterocycles. The zero-order valence-corrected chi connectivity index (χ0v) is 19.2. The van der Waals surface area contributed by atoms with Crippen molar-refractivity contribution in [3.63, 3.8) is 0 Å². The smallest absolute Gasteiger partial charge is 0.0198 e. The number of nitrogens with zero attached hydrogens (tertiary/aromatic N) is 1. The molecule has 0 saturated carbocycles. The molecule has 0 aliphatic heterocycles. The zero-order chi connectivity index (χ0) is 19.3. The van der Waals surface area contributed by atoms with Gasteiger partial charge < -0.3 is 4.98 Å². The van der Waals surface area contributed by atoms with E-state index < -0.39 is 0 Å². The molecule has 0 saturated heterocycles. The summed E-state index contributed by atoms with van der Waals surface area (Å²) in [5.74, 6) is 0. The SMILES string of the molecule is CC(C)(C)c1ccc(-c2[c-]cc3c4ccccc4c4ccccc4c3c2)nc1.[Ir]. The first-order valence-corrected chi connectivity index (χ1v) is 9.74. The van der Waals surface area contributed by atoms with Crippen LogP contribution in [0, 0.1) is 6.07 Å². The first-order valence-electron chi connectivity index (χ1n) is 9.74. The molecule has 4 aromatic carbocycles. The standard InChI is InChI=1S/C27H22N.Ir/c1-27(2,3)19-13-15-26(28-17-19)18-12-14-24-22-10-5-4-8-20(22)21-9-6-7-11-23(21)25(24)16-18;/h4-11,13-17H,1-3H3;/q-1;. The van der Waals surface area contributed by atoms with E-state index in [1.807, 2.05) is 6.20 Å². The van der Waals surface area contributed by atoms with Crippen LogP contribution in [0.25, 0.3) is 43.6 Å². The quantitative estimate of drug-likeness (QED) is 0.157. The van der Waals surface area contributed by atoms with Crippen LogP contribution >= 0.6 is 0 Å². The van der Waals surface area contributed by atoms with Crippen molar-refractivity contribution in [1.82, 2.24) is 4.98 Å². The normalized spacial score (nSPS) is 11.7. The maximum absolute atomic E-state index is 4.73. The Balaban J connectivity index is 0.00000205. The molecule has 0 bridgehead atoms. The fraction of sp³-hybridized carbons (Fsp3) is 0.148. The van der Waals surface area contributed by atoms with Crippen LogP contribution in [0.4, 0.5) is 0 Å². The van der Waals surface area contributed by atoms with Gasteiger partial charge in [-0.05, 0) is 32.8 Å². The number of hydrogen-bond acceptors (Lipinski definition) is 1. The van der Waals surface area contributed by atoms with Crippen LogP contribution in [0.1, 0.15) is 26.3 Å². The topological polar surface area (TPSA) is 12.9 Å². The van der Waals surface area contributed by atoms with Gasteiger partial charge in [-0.25, -0.2) is 0 Å². The third kappa shape index (κ3) is 3.37. The molecule has 5 aromatic rings. The van der Waals surface area contributed by atoms with Gasteiger partial charge in [0.05, 0.1) is 0 Å². The van der Waals surface area contributed by atoms with Gasteiger partial charge in [0.15, 0.2) is 0 Å². The molecule has 0 N–H and O–H groups in total. The van der Waals surface area contributed by atoms with E-state index in [0.29, 0.717) is 0 Å². The van der Waals surface area contributed by atoms with Crippen LogP contribution in [-0.2, 0) is 25.5 Å². The summed E-state index contributed by atoms with van der Waals surface area (Å²) in [6.45, 7) is 6.63. The molecular weight excluding hydrogens is 531 g/mol. The molecule has 0 atom stereocenters. The molecular formula is C27H22IrN-. The van der Waals surface area contributed by atoms with Crippen molar-refractivity contribution in [1.29, 1.82) is 0 Å². The average molecular weight is 553 g/mol. The van der Waals surface area contributed by atoms with Gasteiger partial charge in [0, 0.05) is 26.3 Å². The van der Waals surface area contributed by atoms with E-state index in [1.54, 1.807) is 0 Å². The number of pyridine rings is 1. The monoisotopic (exact) mass is 553 g/mol. The van der Waals surface area contributed by atoms with Crippen LogP contribution < -0.4 is 0 Å². The summed E-state index contributed by atoms with van der Waals surface area (Å²) in [4.78, 5) is 4.73. The first-order chi connectivity index (χ1) is 13.5. The minimum Gasteiger partial charge on any atom is -0.304 e. The second-order valence-electron chi connectivity index (χ2n) is 8.45. The molecule has 5 rings (SSSR count). The number of fused-ring (bicyclic) bond motifs is 6. The van der Waals surface area contributed by atoms with Crippen molar-refractivity contribution in [2.75, 3.05) is 0 Å². The second kappa shape index (κ2) is 7.37. The van der Waals surface area contributed by atoms with Gasteiger partial charge >= 0.3 is 0 Å². The van der Waals surface area contributed by atoms with Crippen LogP contribution in [-0.4, -0.2) is 4.98 Å². The Morgan fingerprint density at radius 1 is 0.690 bits per heavy atom. The Morgan fingerprint density at radius 3 is 1.76 bits per heavy atom. The molecule has 0 spiro atoms. The molecule has 1 radical (unpaired) electrons. The fourth-order valence-electron chi connectivity index (χ4n) is 3.99. The summed E-state index contributed by atoms with van der Waals surface area (Å²) >= 11 is 0. The van der Waals surface area contributed by atoms with Crippen LogP contribution in [0.15, 0.2) is 79.0 Å². The average Bonchev–Trinajstić information content (AvgIpc) is 2.73. The van der Waals surface area contributed by atoms with Crippen LogP contribution in [0.3, 0.4) is 0 Å². The molecule has 1 heterocycles. The predicted molar refractivity (Wildman–Crippen MR) is 120 cm³/mol. The van der Waals surface area contributed by atoms with Gasteiger partial charge in [-0.15, -0.1) is 23.8 Å². The molecule has 2 heteroatoms. The van der Waals surface area contributed by atoms with Crippen molar-refractivity contribution in [3.05, 3.63) is 90.6 Å². The molecule has 0 aliphatic carbocycles. The van der Waals surface area contributed by atoms with Crippen LogP contribution in [0.2, 0.25) is 0 Å². The second-order valence-corrected chi connectivity index (χ2v) is 8.45. The molecule has 0 amide bonds. The Bertz CT molecular complexity index is 1290. The summed E-state index contributed by atoms with van der Waals surface area (Å²) in [5, 5.41) is 7.63. The molecule has 0 aliphatic rings. The van der Waals surface area contributed by atoms with E-state index in [9.17, 15) is 0 Å². The maximum atomic E-state index is 4.73. The molecule has 0 fully saturated rings. The summed E-state index contributed by atoms with van der Waals surface area (Å²) < 4.78 is 0. The van der Waals surface area contributed by atoms with Crippen molar-refractivity contribution < 1.29 is 20.1 Å². The van der Waals surface area contributed by atoms with Gasteiger partial charge in [-0.1, -0.05) is 97.6 Å². The van der Waals surface area contributed by atoms with E-state index in [1.165, 1.54) is 37.9 Å². The third-order valence-electron chi connectivity index (χ3n) is 5.58. The summed E-state index contributed by atoms with van der Waals surface area (Å²) in [5.41, 5.74) is 3.35. The Morgan fingerprint density at radius 2 is 1.24 bits per heavy atom. The van der Waals surface area contributed by atoms with Gasteiger partial charge in [-0.3, -0.25) is 0 Å². The van der Waals surface area contributed by atoms with Crippen molar-refractivity contribution in [3.8, 4) is 11.3 Å². The largest absolute Gasteiger partial charge is 0.304 e. The van der Waals surface area contributed by atoms with Gasteiger partial charge in [0.25, 0.3) is 0 Å². The van der Waals surface area contributed by atoms with E-state index in [2.05, 4.69) is 99.6 Å². The molecule has 29 heavy (non-hydrogen) atoms. The number of benzene rings is 4. The minimum atomic E-state index is 0. The van der Waals surface area contributed by atoms with Gasteiger partial charge in [-0.2, -0.15) is 0 Å². The van der Waals surface area contributed by atoms with Crippen molar-refractivity contribution in [2.24, 2.45) is 0 Å². The third-order valence-corrected chi connectivity index (χ3v) is 5.58. The van der Waals surface area contributed by atoms with Crippen LogP contribution in [0.5, 0.6) is 0 Å². The maximum Gasteiger partial charge on any atom is 0.0198 e. The van der Waals surface area contributed by atoms with E-state index in [-0.39, 0.29) is 25.5 Å². The summed E-state index contributed by atoms with van der Waals surface area (Å²) in [7, 11) is 0. The summed E-state index contributed by atoms with van der Waals surface area (Å²) in [6, 6.07) is 29.4. The van der Waals surface area contributed by atoms with E-state index in [0.717, 1.165) is 11.3 Å². The number of rotatable bonds is 1. The molecule has 0 unspecified atom stereocenters. The number of hydrogen-bond donors (Lipinski definition) is 0. The Labute approximate surface area is 185 Å². The van der Waals surface area contributed by atoms with Gasteiger partial charge in [0.2, 0.25) is 0 Å². The van der Waals surface area contributed by atoms with E-state index in [4.69, 9.17) is 4.98 Å². The number of aromatic nitrogens is 1. The first kappa shape index (κ1) is 19.8. The summed E-state index contributed by atoms with van der Waals surface area (Å²) in [6.07, 6.45) is 1.99. The molecule has 1 nitrogen and oxygen atoms in total. The zero-order valence-electron chi connectivity index (χ0n) is 16.8. The Kier molecular flexibility index (Phi) is 5.02. The predicted octanol–water partition coefficient (Wildman–Crippen LogP) is 7.30. The fourth-order valence-corrected chi connectivity index (χ4v) is 3.99. The minimum absolute atomic E-state index is 0. The Hall–Kier alpha value is -2.54. The molecule has 145 valence electrons. The van der Waals surface area contributed by atoms with Crippen molar-refractivity contribution >= 4 is 32.3 Å². The van der Waals surface area contributed by atoms with E-state index >= 15 is 0 Å². The van der Waals surface area contributed by atoms with Crippen molar-refractivity contribution in [2.45, 2.75) is 26.2 Å².